The second kappa shape index (κ2) is 5.16. The quantitative estimate of drug-likeness (QED) is 0.626. The molecule has 1 atom stereocenters. The van der Waals surface area contributed by atoms with E-state index in [0.29, 0.717) is 0 Å². The summed E-state index contributed by atoms with van der Waals surface area (Å²) in [4.78, 5) is 15.1. The lowest BCUT2D eigenvalue weighted by Gasteiger charge is -2.27. The number of hydrogen-bond donors (Lipinski definition) is 1. The minimum atomic E-state index is -4.57. The van der Waals surface area contributed by atoms with Gasteiger partial charge in [0.1, 0.15) is 0 Å². The highest BCUT2D eigenvalue weighted by Gasteiger charge is 2.39. The van der Waals surface area contributed by atoms with Gasteiger partial charge >= 0.3 is 6.18 Å². The summed E-state index contributed by atoms with van der Waals surface area (Å²) in [5.41, 5.74) is 1.55. The average molecular weight is 261 g/mol. The van der Waals surface area contributed by atoms with Crippen molar-refractivity contribution in [2.75, 3.05) is 6.61 Å². The Hall–Kier alpha value is -0.920. The molecule has 0 aliphatic heterocycles. The number of carbonyl (C=O) groups is 1. The first kappa shape index (κ1) is 14.1. The maximum Gasteiger partial charge on any atom is 0.414 e. The molecular weight excluding hydrogens is 249 g/mol. The molecule has 0 bridgehead atoms. The van der Waals surface area contributed by atoms with Crippen molar-refractivity contribution in [3.8, 4) is 0 Å². The third-order valence-electron chi connectivity index (χ3n) is 2.42. The van der Waals surface area contributed by atoms with E-state index in [0.717, 1.165) is 0 Å². The van der Waals surface area contributed by atoms with Crippen LogP contribution in [0.25, 0.3) is 0 Å². The second-order valence-electron chi connectivity index (χ2n) is 4.02. The molecule has 0 aromatic heterocycles. The Labute approximate surface area is 94.3 Å². The van der Waals surface area contributed by atoms with E-state index in [-0.39, 0.29) is 19.3 Å². The number of hydroxylamine groups is 1. The maximum atomic E-state index is 12.9. The molecule has 0 aromatic carbocycles. The van der Waals surface area contributed by atoms with Gasteiger partial charge in [0, 0.05) is 18.8 Å². The topological polar surface area (TPSA) is 38.3 Å². The average Bonchev–Trinajstić information content (AvgIpc) is 2.13. The van der Waals surface area contributed by atoms with E-state index in [9.17, 15) is 26.7 Å². The third-order valence-corrected chi connectivity index (χ3v) is 2.42. The Kier molecular flexibility index (Phi) is 4.29. The lowest BCUT2D eigenvalue weighted by atomic mass is 9.86. The summed E-state index contributed by atoms with van der Waals surface area (Å²) < 4.78 is 60.9. The van der Waals surface area contributed by atoms with Crippen LogP contribution in [0.5, 0.6) is 0 Å². The molecule has 0 aromatic rings. The molecule has 1 amide bonds. The Balaban J connectivity index is 2.33. The van der Waals surface area contributed by atoms with Crippen LogP contribution in [0.3, 0.4) is 0 Å². The first-order chi connectivity index (χ1) is 7.70. The lowest BCUT2D eigenvalue weighted by molar-refractivity contribution is -0.194. The van der Waals surface area contributed by atoms with Crippen LogP contribution in [0.1, 0.15) is 25.7 Å². The normalized spacial score (nSPS) is 24.4. The molecular formula is C9H12F5NO2. The van der Waals surface area contributed by atoms with Gasteiger partial charge in [-0.15, -0.1) is 0 Å². The van der Waals surface area contributed by atoms with Gasteiger partial charge in [-0.3, -0.25) is 9.63 Å². The summed E-state index contributed by atoms with van der Waals surface area (Å²) >= 11 is 0. The number of alkyl halides is 5. The molecule has 8 heteroatoms. The van der Waals surface area contributed by atoms with Crippen molar-refractivity contribution in [2.24, 2.45) is 5.92 Å². The number of halogens is 5. The van der Waals surface area contributed by atoms with E-state index in [4.69, 9.17) is 0 Å². The highest BCUT2D eigenvalue weighted by Crippen LogP contribution is 2.36. The largest absolute Gasteiger partial charge is 0.414 e. The molecule has 1 saturated carbocycles. The second-order valence-corrected chi connectivity index (χ2v) is 4.02. The first-order valence-corrected chi connectivity index (χ1v) is 5.06. The van der Waals surface area contributed by atoms with Gasteiger partial charge in [-0.05, 0) is 12.8 Å². The lowest BCUT2D eigenvalue weighted by Crippen LogP contribution is -2.38. The smallest absolute Gasteiger partial charge is 0.272 e. The molecule has 3 nitrogen and oxygen atoms in total. The Morgan fingerprint density at radius 1 is 1.41 bits per heavy atom. The molecule has 1 fully saturated rings. The van der Waals surface area contributed by atoms with E-state index in [1.807, 2.05) is 0 Å². The van der Waals surface area contributed by atoms with Gasteiger partial charge in [-0.2, -0.15) is 13.2 Å². The molecule has 0 saturated heterocycles. The zero-order chi connectivity index (χ0) is 13.1. The predicted octanol–water partition coefficient (Wildman–Crippen LogP) is 2.42. The minimum absolute atomic E-state index is 0.171. The van der Waals surface area contributed by atoms with Crippen LogP contribution < -0.4 is 5.48 Å². The summed E-state index contributed by atoms with van der Waals surface area (Å²) in [7, 11) is 0. The summed E-state index contributed by atoms with van der Waals surface area (Å²) in [6, 6.07) is 0. The van der Waals surface area contributed by atoms with Crippen LogP contribution in [-0.4, -0.2) is 24.6 Å². The minimum Gasteiger partial charge on any atom is -0.272 e. The van der Waals surface area contributed by atoms with Crippen LogP contribution >= 0.6 is 0 Å². The van der Waals surface area contributed by atoms with Crippen molar-refractivity contribution in [3.63, 3.8) is 0 Å². The van der Waals surface area contributed by atoms with Crippen LogP contribution in [0.4, 0.5) is 22.0 Å². The van der Waals surface area contributed by atoms with Gasteiger partial charge in [0.05, 0.1) is 0 Å². The highest BCUT2D eigenvalue weighted by atomic mass is 19.4. The predicted molar refractivity (Wildman–Crippen MR) is 47.1 cm³/mol. The summed E-state index contributed by atoms with van der Waals surface area (Å²) in [6.45, 7) is -1.64. The van der Waals surface area contributed by atoms with E-state index in [2.05, 4.69) is 4.84 Å². The van der Waals surface area contributed by atoms with Crippen molar-refractivity contribution < 1.29 is 31.6 Å². The molecule has 1 aliphatic rings. The molecule has 0 radical (unpaired) electrons. The Morgan fingerprint density at radius 3 is 2.59 bits per heavy atom. The van der Waals surface area contributed by atoms with Crippen molar-refractivity contribution in [1.82, 2.24) is 5.48 Å². The van der Waals surface area contributed by atoms with Gasteiger partial charge in [-0.1, -0.05) is 0 Å². The molecule has 1 rings (SSSR count). The molecule has 0 spiro atoms. The highest BCUT2D eigenvalue weighted by molar-refractivity contribution is 5.77. The van der Waals surface area contributed by atoms with Gasteiger partial charge in [0.25, 0.3) is 0 Å². The molecule has 17 heavy (non-hydrogen) atoms. The van der Waals surface area contributed by atoms with E-state index in [1.165, 1.54) is 0 Å². The van der Waals surface area contributed by atoms with E-state index >= 15 is 0 Å². The van der Waals surface area contributed by atoms with Crippen LogP contribution in [0, 0.1) is 5.92 Å². The summed E-state index contributed by atoms with van der Waals surface area (Å²) in [5.74, 6) is -4.84. The standard InChI is InChI=1S/C9H12F5NO2/c10-8(11)3-1-2-6(4-8)7(16)15-17-5-9(12,13)14/h6H,1-5H2,(H,15,16). The molecule has 1 aliphatic carbocycles. The molecule has 1 N–H and O–H groups in total. The van der Waals surface area contributed by atoms with Crippen molar-refractivity contribution >= 4 is 5.91 Å². The van der Waals surface area contributed by atoms with Crippen LogP contribution in [0.2, 0.25) is 0 Å². The SMILES string of the molecule is O=C(NOCC(F)(F)F)C1CCCC(F)(F)C1. The van der Waals surface area contributed by atoms with Gasteiger partial charge in [0.15, 0.2) is 6.61 Å². The fourth-order valence-corrected chi connectivity index (χ4v) is 1.67. The number of nitrogens with one attached hydrogen (secondary N) is 1. The number of amides is 1. The zero-order valence-electron chi connectivity index (χ0n) is 8.82. The first-order valence-electron chi connectivity index (χ1n) is 5.06. The fourth-order valence-electron chi connectivity index (χ4n) is 1.67. The van der Waals surface area contributed by atoms with Crippen molar-refractivity contribution in [3.05, 3.63) is 0 Å². The van der Waals surface area contributed by atoms with E-state index < -0.39 is 37.0 Å². The molecule has 0 heterocycles. The van der Waals surface area contributed by atoms with Gasteiger partial charge in [-0.25, -0.2) is 14.3 Å². The monoisotopic (exact) mass is 261 g/mol. The number of carbonyl (C=O) groups excluding carboxylic acids is 1. The van der Waals surface area contributed by atoms with Crippen molar-refractivity contribution in [2.45, 2.75) is 37.8 Å². The number of rotatable bonds is 3. The summed E-state index contributed by atoms with van der Waals surface area (Å²) in [6.07, 6.45) is -5.10. The van der Waals surface area contributed by atoms with Gasteiger partial charge in [0.2, 0.25) is 11.8 Å². The molecule has 100 valence electrons. The van der Waals surface area contributed by atoms with Gasteiger partial charge < -0.3 is 0 Å². The van der Waals surface area contributed by atoms with E-state index in [1.54, 1.807) is 5.48 Å². The van der Waals surface area contributed by atoms with Crippen LogP contribution in [0.15, 0.2) is 0 Å². The maximum absolute atomic E-state index is 12.9. The zero-order valence-corrected chi connectivity index (χ0v) is 8.82. The number of hydrogen-bond acceptors (Lipinski definition) is 2. The summed E-state index contributed by atoms with van der Waals surface area (Å²) in [5, 5.41) is 0. The Bertz CT molecular complexity index is 279. The van der Waals surface area contributed by atoms with Crippen LogP contribution in [-0.2, 0) is 9.63 Å². The van der Waals surface area contributed by atoms with Crippen molar-refractivity contribution in [1.29, 1.82) is 0 Å². The Morgan fingerprint density at radius 2 is 2.06 bits per heavy atom. The fraction of sp³-hybridized carbons (Fsp3) is 0.889. The molecule has 1 unspecified atom stereocenters. The third kappa shape index (κ3) is 5.29.